The Morgan fingerprint density at radius 2 is 1.92 bits per heavy atom. The second-order valence-corrected chi connectivity index (χ2v) is 6.56. The molecule has 2 atom stereocenters. The van der Waals surface area contributed by atoms with Gasteiger partial charge in [0.15, 0.2) is 0 Å². The van der Waals surface area contributed by atoms with Crippen LogP contribution in [-0.2, 0) is 6.61 Å². The molecule has 1 fully saturated rings. The molecule has 3 aromatic rings. The lowest BCUT2D eigenvalue weighted by atomic mass is 10.0. The van der Waals surface area contributed by atoms with Gasteiger partial charge in [0.05, 0.1) is 17.7 Å². The van der Waals surface area contributed by atoms with Gasteiger partial charge in [0, 0.05) is 18.9 Å². The van der Waals surface area contributed by atoms with Gasteiger partial charge in [-0.2, -0.15) is 0 Å². The molecule has 26 heavy (non-hydrogen) atoms. The van der Waals surface area contributed by atoms with E-state index in [0.29, 0.717) is 13.2 Å². The third-order valence-electron chi connectivity index (χ3n) is 4.81. The van der Waals surface area contributed by atoms with Gasteiger partial charge in [0.2, 0.25) is 0 Å². The third kappa shape index (κ3) is 3.49. The number of hydrogen-bond acceptors (Lipinski definition) is 4. The molecule has 0 unspecified atom stereocenters. The molecule has 5 nitrogen and oxygen atoms in total. The largest absolute Gasteiger partial charge is 0.488 e. The number of β-amino-alcohol motifs (C(OH)–C–C–N with tert-alkyl or cyclic N) is 1. The lowest BCUT2D eigenvalue weighted by molar-refractivity contribution is 0.0880. The number of piperidine rings is 1. The zero-order chi connectivity index (χ0) is 17.8. The van der Waals surface area contributed by atoms with Crippen LogP contribution < -0.4 is 10.1 Å². The highest BCUT2D eigenvalue weighted by Crippen LogP contribution is 2.32. The quantitative estimate of drug-likeness (QED) is 0.743. The summed E-state index contributed by atoms with van der Waals surface area (Å²) in [4.78, 5) is 4.56. The van der Waals surface area contributed by atoms with E-state index < -0.39 is 6.10 Å². The Hall–Kier alpha value is -2.63. The second kappa shape index (κ2) is 7.72. The van der Waals surface area contributed by atoms with E-state index >= 15 is 0 Å². The van der Waals surface area contributed by atoms with Crippen molar-refractivity contribution in [1.82, 2.24) is 14.9 Å². The molecule has 4 rings (SSSR count). The zero-order valence-electron chi connectivity index (χ0n) is 14.6. The lowest BCUT2D eigenvalue weighted by Crippen LogP contribution is -2.41. The van der Waals surface area contributed by atoms with Crippen molar-refractivity contribution in [2.75, 3.05) is 13.1 Å². The van der Waals surface area contributed by atoms with Crippen molar-refractivity contribution < 1.29 is 9.84 Å². The van der Waals surface area contributed by atoms with E-state index in [1.54, 1.807) is 6.20 Å². The lowest BCUT2D eigenvalue weighted by Gasteiger charge is -2.30. The van der Waals surface area contributed by atoms with Gasteiger partial charge in [-0.1, -0.05) is 42.5 Å². The van der Waals surface area contributed by atoms with Crippen LogP contribution >= 0.6 is 0 Å². The summed E-state index contributed by atoms with van der Waals surface area (Å²) in [5.74, 6) is 1.63. The van der Waals surface area contributed by atoms with Crippen LogP contribution in [0.15, 0.2) is 67.0 Å². The number of nitrogens with one attached hydrogen (secondary N) is 1. The van der Waals surface area contributed by atoms with E-state index in [9.17, 15) is 5.11 Å². The molecular formula is C21H23N3O2. The van der Waals surface area contributed by atoms with Crippen molar-refractivity contribution >= 4 is 0 Å². The SMILES string of the molecule is O[C@H]1CNCC[C@@H]1n1ccnc1-c1ccccc1OCc1ccccc1. The van der Waals surface area contributed by atoms with E-state index in [1.165, 1.54) is 0 Å². The fraction of sp³-hybridized carbons (Fsp3) is 0.286. The van der Waals surface area contributed by atoms with Crippen LogP contribution in [0.1, 0.15) is 18.0 Å². The number of benzene rings is 2. The van der Waals surface area contributed by atoms with Crippen molar-refractivity contribution in [3.63, 3.8) is 0 Å². The summed E-state index contributed by atoms with van der Waals surface area (Å²) in [6.45, 7) is 2.01. The second-order valence-electron chi connectivity index (χ2n) is 6.56. The molecule has 0 amide bonds. The van der Waals surface area contributed by atoms with Crippen molar-refractivity contribution in [1.29, 1.82) is 0 Å². The van der Waals surface area contributed by atoms with Crippen molar-refractivity contribution in [3.05, 3.63) is 72.6 Å². The smallest absolute Gasteiger partial charge is 0.143 e. The van der Waals surface area contributed by atoms with E-state index in [4.69, 9.17) is 4.74 Å². The number of aromatic nitrogens is 2. The number of ether oxygens (including phenoxy) is 1. The van der Waals surface area contributed by atoms with E-state index in [1.807, 2.05) is 48.7 Å². The van der Waals surface area contributed by atoms with Gasteiger partial charge in [-0.3, -0.25) is 0 Å². The zero-order valence-corrected chi connectivity index (χ0v) is 14.6. The first-order valence-electron chi connectivity index (χ1n) is 9.00. The van der Waals surface area contributed by atoms with Gasteiger partial charge in [-0.25, -0.2) is 4.98 Å². The van der Waals surface area contributed by atoms with Crippen LogP contribution in [0.2, 0.25) is 0 Å². The summed E-state index contributed by atoms with van der Waals surface area (Å²) in [5, 5.41) is 13.6. The van der Waals surface area contributed by atoms with Gasteiger partial charge < -0.3 is 19.7 Å². The molecule has 0 bridgehead atoms. The van der Waals surface area contributed by atoms with Crippen LogP contribution in [0.25, 0.3) is 11.4 Å². The maximum Gasteiger partial charge on any atom is 0.143 e. The topological polar surface area (TPSA) is 59.3 Å². The van der Waals surface area contributed by atoms with Gasteiger partial charge in [0.25, 0.3) is 0 Å². The number of imidazole rings is 1. The van der Waals surface area contributed by atoms with Crippen LogP contribution in [0.3, 0.4) is 0 Å². The minimum atomic E-state index is -0.422. The molecule has 2 aromatic carbocycles. The molecule has 1 aliphatic heterocycles. The van der Waals surface area contributed by atoms with E-state index in [0.717, 1.165) is 35.7 Å². The average molecular weight is 349 g/mol. The summed E-state index contributed by atoms with van der Waals surface area (Å²) in [5.41, 5.74) is 2.07. The fourth-order valence-electron chi connectivity index (χ4n) is 3.45. The number of nitrogens with zero attached hydrogens (tertiary/aromatic N) is 2. The Labute approximate surface area is 153 Å². The monoisotopic (exact) mass is 349 g/mol. The summed E-state index contributed by atoms with van der Waals surface area (Å²) >= 11 is 0. The number of aliphatic hydroxyl groups is 1. The Kier molecular flexibility index (Phi) is 5.00. The number of rotatable bonds is 5. The Morgan fingerprint density at radius 1 is 1.12 bits per heavy atom. The highest BCUT2D eigenvalue weighted by Gasteiger charge is 2.27. The minimum absolute atomic E-state index is 0.0240. The number of aliphatic hydroxyl groups excluding tert-OH is 1. The highest BCUT2D eigenvalue weighted by atomic mass is 16.5. The Morgan fingerprint density at radius 3 is 2.77 bits per heavy atom. The van der Waals surface area contributed by atoms with Crippen LogP contribution in [-0.4, -0.2) is 33.9 Å². The average Bonchev–Trinajstić information content (AvgIpc) is 3.17. The minimum Gasteiger partial charge on any atom is -0.488 e. The van der Waals surface area contributed by atoms with Crippen molar-refractivity contribution in [2.24, 2.45) is 0 Å². The van der Waals surface area contributed by atoms with E-state index in [-0.39, 0.29) is 6.04 Å². The first kappa shape index (κ1) is 16.8. The molecule has 0 saturated carbocycles. The number of hydrogen-bond donors (Lipinski definition) is 2. The number of para-hydroxylation sites is 1. The predicted molar refractivity (Wildman–Crippen MR) is 101 cm³/mol. The highest BCUT2D eigenvalue weighted by molar-refractivity contribution is 5.64. The van der Waals surface area contributed by atoms with Crippen LogP contribution in [0.5, 0.6) is 5.75 Å². The van der Waals surface area contributed by atoms with Gasteiger partial charge in [-0.15, -0.1) is 0 Å². The summed E-state index contributed by atoms with van der Waals surface area (Å²) < 4.78 is 8.17. The van der Waals surface area contributed by atoms with Gasteiger partial charge >= 0.3 is 0 Å². The fourth-order valence-corrected chi connectivity index (χ4v) is 3.45. The van der Waals surface area contributed by atoms with Gasteiger partial charge in [-0.05, 0) is 30.7 Å². The Balaban J connectivity index is 1.62. The standard InChI is InChI=1S/C21H23N3O2/c25-19-14-22-11-10-18(19)24-13-12-23-21(24)17-8-4-5-9-20(17)26-15-16-6-2-1-3-7-16/h1-9,12-13,18-19,22,25H,10-11,14-15H2/t18-,19-/m0/s1. The molecule has 0 aliphatic carbocycles. The molecule has 134 valence electrons. The maximum absolute atomic E-state index is 10.4. The maximum atomic E-state index is 10.4. The van der Waals surface area contributed by atoms with Gasteiger partial charge in [0.1, 0.15) is 18.2 Å². The molecular weight excluding hydrogens is 326 g/mol. The summed E-state index contributed by atoms with van der Waals surface area (Å²) in [6.07, 6.45) is 4.19. The molecule has 0 radical (unpaired) electrons. The molecule has 5 heteroatoms. The first-order valence-corrected chi connectivity index (χ1v) is 9.00. The molecule has 1 aliphatic rings. The molecule has 2 heterocycles. The third-order valence-corrected chi connectivity index (χ3v) is 4.81. The first-order chi connectivity index (χ1) is 12.8. The Bertz CT molecular complexity index is 847. The van der Waals surface area contributed by atoms with Crippen molar-refractivity contribution in [3.8, 4) is 17.1 Å². The molecule has 1 aromatic heterocycles. The van der Waals surface area contributed by atoms with Crippen molar-refractivity contribution in [2.45, 2.75) is 25.2 Å². The van der Waals surface area contributed by atoms with E-state index in [2.05, 4.69) is 27.0 Å². The van der Waals surface area contributed by atoms with Crippen LogP contribution in [0.4, 0.5) is 0 Å². The molecule has 2 N–H and O–H groups in total. The molecule has 1 saturated heterocycles. The molecule has 0 spiro atoms. The summed E-state index contributed by atoms with van der Waals surface area (Å²) in [6, 6.07) is 18.1. The predicted octanol–water partition coefficient (Wildman–Crippen LogP) is 3.02. The normalized spacial score (nSPS) is 20.0. The summed E-state index contributed by atoms with van der Waals surface area (Å²) in [7, 11) is 0. The van der Waals surface area contributed by atoms with Crippen LogP contribution in [0, 0.1) is 0 Å².